The molecule has 0 saturated heterocycles. The Kier molecular flexibility index (Phi) is 3.55. The van der Waals surface area contributed by atoms with E-state index in [1.807, 2.05) is 0 Å². The third-order valence-corrected chi connectivity index (χ3v) is 2.59. The summed E-state index contributed by atoms with van der Waals surface area (Å²) in [5.41, 5.74) is -0.852. The van der Waals surface area contributed by atoms with E-state index in [4.69, 9.17) is 4.74 Å². The second-order valence-corrected chi connectivity index (χ2v) is 3.80. The Labute approximate surface area is 107 Å². The third kappa shape index (κ3) is 2.59. The molecule has 0 aliphatic carbocycles. The molecule has 0 aliphatic rings. The average molecular weight is 266 g/mol. The topological polar surface area (TPSA) is 26.3 Å². The molecule has 2 rings (SSSR count). The van der Waals surface area contributed by atoms with E-state index in [0.29, 0.717) is 0 Å². The maximum atomic E-state index is 13.7. The quantitative estimate of drug-likeness (QED) is 0.796. The second kappa shape index (κ2) is 5.14. The average Bonchev–Trinajstić information content (AvgIpc) is 2.40. The van der Waals surface area contributed by atoms with E-state index in [1.165, 1.54) is 19.2 Å². The highest BCUT2D eigenvalue weighted by Crippen LogP contribution is 2.21. The first-order valence-corrected chi connectivity index (χ1v) is 5.36. The molecule has 0 atom stereocenters. The Balaban J connectivity index is 2.47. The predicted molar refractivity (Wildman–Crippen MR) is 62.7 cm³/mol. The fourth-order valence-corrected chi connectivity index (χ4v) is 1.62. The number of hydrogen-bond acceptors (Lipinski definition) is 2. The highest BCUT2D eigenvalue weighted by Gasteiger charge is 2.18. The van der Waals surface area contributed by atoms with Crippen LogP contribution in [0.1, 0.15) is 15.9 Å². The maximum Gasteiger partial charge on any atom is 0.199 e. The minimum absolute atomic E-state index is 0.230. The molecule has 2 nitrogen and oxygen atoms in total. The van der Waals surface area contributed by atoms with Crippen molar-refractivity contribution in [2.45, 2.75) is 0 Å². The van der Waals surface area contributed by atoms with Crippen LogP contribution in [-0.4, -0.2) is 12.9 Å². The standard InChI is InChI=1S/C14H9F3O2/c1-19-9-3-4-10(13(17)7-9)14(18)11-6-8(15)2-5-12(11)16/h2-7H,1H3. The molecule has 0 heterocycles. The minimum atomic E-state index is -0.919. The van der Waals surface area contributed by atoms with Crippen molar-refractivity contribution in [3.05, 3.63) is 65.0 Å². The van der Waals surface area contributed by atoms with Crippen LogP contribution in [0.25, 0.3) is 0 Å². The summed E-state index contributed by atoms with van der Waals surface area (Å²) in [7, 11) is 1.35. The first-order valence-electron chi connectivity index (χ1n) is 5.36. The van der Waals surface area contributed by atoms with Gasteiger partial charge in [-0.2, -0.15) is 0 Å². The van der Waals surface area contributed by atoms with Gasteiger partial charge in [0.15, 0.2) is 5.78 Å². The van der Waals surface area contributed by atoms with E-state index >= 15 is 0 Å². The molecule has 0 amide bonds. The lowest BCUT2D eigenvalue weighted by Crippen LogP contribution is -2.07. The number of methoxy groups -OCH3 is 1. The van der Waals surface area contributed by atoms with Gasteiger partial charge >= 0.3 is 0 Å². The third-order valence-electron chi connectivity index (χ3n) is 2.59. The van der Waals surface area contributed by atoms with Crippen LogP contribution in [-0.2, 0) is 0 Å². The van der Waals surface area contributed by atoms with Gasteiger partial charge in [-0.05, 0) is 30.3 Å². The van der Waals surface area contributed by atoms with Crippen LogP contribution in [0, 0.1) is 17.5 Å². The summed E-state index contributed by atoms with van der Waals surface area (Å²) in [6, 6.07) is 5.99. The Hall–Kier alpha value is -2.30. The highest BCUT2D eigenvalue weighted by atomic mass is 19.1. The van der Waals surface area contributed by atoms with Gasteiger partial charge in [0.2, 0.25) is 0 Å². The summed E-state index contributed by atoms with van der Waals surface area (Å²) in [5, 5.41) is 0. The molecule has 0 spiro atoms. The number of halogens is 3. The number of benzene rings is 2. The number of ketones is 1. The van der Waals surface area contributed by atoms with E-state index in [0.717, 1.165) is 24.3 Å². The van der Waals surface area contributed by atoms with Crippen molar-refractivity contribution in [3.63, 3.8) is 0 Å². The summed E-state index contributed by atoms with van der Waals surface area (Å²) >= 11 is 0. The molecule has 0 aliphatic heterocycles. The van der Waals surface area contributed by atoms with E-state index in [9.17, 15) is 18.0 Å². The Bertz CT molecular complexity index is 639. The zero-order valence-electron chi connectivity index (χ0n) is 9.91. The molecule has 0 radical (unpaired) electrons. The fraction of sp³-hybridized carbons (Fsp3) is 0.0714. The summed E-state index contributed by atoms with van der Waals surface area (Å²) < 4.78 is 44.9. The van der Waals surface area contributed by atoms with Gasteiger partial charge < -0.3 is 4.74 Å². The van der Waals surface area contributed by atoms with Crippen LogP contribution < -0.4 is 4.74 Å². The lowest BCUT2D eigenvalue weighted by molar-refractivity contribution is 0.103. The molecule has 98 valence electrons. The molecule has 0 saturated carbocycles. The van der Waals surface area contributed by atoms with E-state index < -0.39 is 28.8 Å². The van der Waals surface area contributed by atoms with Crippen molar-refractivity contribution in [2.75, 3.05) is 7.11 Å². The number of ether oxygens (including phenoxy) is 1. The Morgan fingerprint density at radius 1 is 0.947 bits per heavy atom. The number of carbonyl (C=O) groups is 1. The molecule has 0 bridgehead atoms. The van der Waals surface area contributed by atoms with E-state index in [1.54, 1.807) is 0 Å². The SMILES string of the molecule is COc1ccc(C(=O)c2cc(F)ccc2F)c(F)c1. The van der Waals surface area contributed by atoms with Crippen LogP contribution in [0.4, 0.5) is 13.2 Å². The molecule has 0 fully saturated rings. The summed E-state index contributed by atoms with van der Waals surface area (Å²) in [6.07, 6.45) is 0. The lowest BCUT2D eigenvalue weighted by Gasteiger charge is -2.06. The monoisotopic (exact) mass is 266 g/mol. The first kappa shape index (κ1) is 13.1. The van der Waals surface area contributed by atoms with Gasteiger partial charge in [0.05, 0.1) is 18.2 Å². The van der Waals surface area contributed by atoms with Crippen LogP contribution >= 0.6 is 0 Å². The van der Waals surface area contributed by atoms with Gasteiger partial charge in [0.1, 0.15) is 23.2 Å². The van der Waals surface area contributed by atoms with Gasteiger partial charge in [-0.1, -0.05) is 0 Å². The molecular formula is C14H9F3O2. The highest BCUT2D eigenvalue weighted by molar-refractivity contribution is 6.09. The van der Waals surface area contributed by atoms with Crippen molar-refractivity contribution in [2.24, 2.45) is 0 Å². The van der Waals surface area contributed by atoms with Gasteiger partial charge in [0.25, 0.3) is 0 Å². The van der Waals surface area contributed by atoms with E-state index in [-0.39, 0.29) is 11.3 Å². The normalized spacial score (nSPS) is 10.3. The zero-order chi connectivity index (χ0) is 14.0. The number of hydrogen-bond donors (Lipinski definition) is 0. The van der Waals surface area contributed by atoms with Crippen molar-refractivity contribution >= 4 is 5.78 Å². The van der Waals surface area contributed by atoms with Crippen molar-refractivity contribution < 1.29 is 22.7 Å². The van der Waals surface area contributed by atoms with Crippen molar-refractivity contribution in [1.82, 2.24) is 0 Å². The summed E-state index contributed by atoms with van der Waals surface area (Å²) in [4.78, 5) is 12.0. The predicted octanol–water partition coefficient (Wildman–Crippen LogP) is 3.34. The Morgan fingerprint density at radius 2 is 1.68 bits per heavy atom. The lowest BCUT2D eigenvalue weighted by atomic mass is 10.0. The van der Waals surface area contributed by atoms with E-state index in [2.05, 4.69) is 0 Å². The smallest absolute Gasteiger partial charge is 0.199 e. The molecule has 2 aromatic rings. The van der Waals surface area contributed by atoms with Crippen LogP contribution in [0.2, 0.25) is 0 Å². The maximum absolute atomic E-state index is 13.7. The fourth-order valence-electron chi connectivity index (χ4n) is 1.62. The molecular weight excluding hydrogens is 257 g/mol. The molecule has 0 unspecified atom stereocenters. The van der Waals surface area contributed by atoms with Gasteiger partial charge in [-0.25, -0.2) is 13.2 Å². The molecule has 2 aromatic carbocycles. The Morgan fingerprint density at radius 3 is 2.32 bits per heavy atom. The number of carbonyl (C=O) groups excluding carboxylic acids is 1. The first-order chi connectivity index (χ1) is 9.02. The van der Waals surface area contributed by atoms with Crippen LogP contribution in [0.3, 0.4) is 0 Å². The van der Waals surface area contributed by atoms with Gasteiger partial charge in [0, 0.05) is 6.07 Å². The second-order valence-electron chi connectivity index (χ2n) is 3.80. The minimum Gasteiger partial charge on any atom is -0.497 e. The number of rotatable bonds is 3. The van der Waals surface area contributed by atoms with Gasteiger partial charge in [-0.3, -0.25) is 4.79 Å². The summed E-state index contributed by atoms with van der Waals surface area (Å²) in [6.45, 7) is 0. The summed E-state index contributed by atoms with van der Waals surface area (Å²) in [5.74, 6) is -3.21. The molecule has 0 aromatic heterocycles. The van der Waals surface area contributed by atoms with Crippen LogP contribution in [0.15, 0.2) is 36.4 Å². The molecule has 19 heavy (non-hydrogen) atoms. The zero-order valence-corrected chi connectivity index (χ0v) is 9.91. The van der Waals surface area contributed by atoms with Crippen LogP contribution in [0.5, 0.6) is 5.75 Å². The molecule has 0 N–H and O–H groups in total. The molecule has 5 heteroatoms. The van der Waals surface area contributed by atoms with Crippen molar-refractivity contribution in [3.8, 4) is 5.75 Å². The van der Waals surface area contributed by atoms with Crippen molar-refractivity contribution in [1.29, 1.82) is 0 Å². The largest absolute Gasteiger partial charge is 0.497 e. The van der Waals surface area contributed by atoms with Gasteiger partial charge in [-0.15, -0.1) is 0 Å².